The summed E-state index contributed by atoms with van der Waals surface area (Å²) in [6.45, 7) is 4.25. The summed E-state index contributed by atoms with van der Waals surface area (Å²) in [6.07, 6.45) is 19.3. The third-order valence-electron chi connectivity index (χ3n) is 4.96. The summed E-state index contributed by atoms with van der Waals surface area (Å²) in [6, 6.07) is 0. The number of carboxylic acids is 2. The average Bonchev–Trinajstić information content (AvgIpc) is 2.59. The van der Waals surface area contributed by atoms with Gasteiger partial charge in [0.1, 0.15) is 0 Å². The van der Waals surface area contributed by atoms with Gasteiger partial charge in [0.15, 0.2) is 0 Å². The van der Waals surface area contributed by atoms with Crippen molar-refractivity contribution in [1.82, 2.24) is 0 Å². The van der Waals surface area contributed by atoms with E-state index in [4.69, 9.17) is 5.11 Å². The monoisotopic (exact) mass is 368 g/mol. The second kappa shape index (κ2) is 17.1. The van der Waals surface area contributed by atoms with E-state index in [9.17, 15) is 14.7 Å². The molecule has 0 saturated carbocycles. The van der Waals surface area contributed by atoms with Crippen molar-refractivity contribution in [1.29, 1.82) is 0 Å². The van der Waals surface area contributed by atoms with Crippen molar-refractivity contribution in [3.05, 3.63) is 12.2 Å². The van der Waals surface area contributed by atoms with Crippen LogP contribution in [0.2, 0.25) is 0 Å². The van der Waals surface area contributed by atoms with Gasteiger partial charge < -0.3 is 10.2 Å². The standard InChI is InChI=1S/C22H40O4/c1-3-5-6-7-8-9-10-11-12-13-14-15-17-19(16-4-2)20(22(25)26)18-21(23)24/h15,17,19-20H,3-14,16,18H2,1-2H3,(H,23,24)(H,25,26)/b17-15+. The van der Waals surface area contributed by atoms with E-state index in [2.05, 4.69) is 13.0 Å². The van der Waals surface area contributed by atoms with Crippen LogP contribution < -0.4 is 0 Å². The number of hydrogen-bond acceptors (Lipinski definition) is 2. The van der Waals surface area contributed by atoms with Gasteiger partial charge in [0, 0.05) is 0 Å². The number of rotatable bonds is 18. The predicted octanol–water partition coefficient (Wildman–Crippen LogP) is 6.45. The minimum atomic E-state index is -1.04. The highest BCUT2D eigenvalue weighted by Gasteiger charge is 2.28. The lowest BCUT2D eigenvalue weighted by molar-refractivity contribution is -0.149. The molecule has 2 unspecified atom stereocenters. The van der Waals surface area contributed by atoms with Gasteiger partial charge >= 0.3 is 11.9 Å². The minimum absolute atomic E-state index is 0.184. The summed E-state index contributed by atoms with van der Waals surface area (Å²) in [5.41, 5.74) is 0. The first-order valence-electron chi connectivity index (χ1n) is 10.6. The lowest BCUT2D eigenvalue weighted by Gasteiger charge is -2.19. The molecule has 0 fully saturated rings. The highest BCUT2D eigenvalue weighted by Crippen LogP contribution is 2.24. The zero-order valence-electron chi connectivity index (χ0n) is 16.9. The quantitative estimate of drug-likeness (QED) is 0.215. The third kappa shape index (κ3) is 13.9. The van der Waals surface area contributed by atoms with Gasteiger partial charge in [-0.1, -0.05) is 90.2 Å². The van der Waals surface area contributed by atoms with Crippen LogP contribution in [-0.4, -0.2) is 22.2 Å². The van der Waals surface area contributed by atoms with Crippen molar-refractivity contribution < 1.29 is 19.8 Å². The summed E-state index contributed by atoms with van der Waals surface area (Å²) in [4.78, 5) is 22.3. The summed E-state index contributed by atoms with van der Waals surface area (Å²) in [7, 11) is 0. The number of allylic oxidation sites excluding steroid dienone is 2. The molecule has 0 aliphatic heterocycles. The molecule has 0 aromatic heterocycles. The smallest absolute Gasteiger partial charge is 0.307 e. The van der Waals surface area contributed by atoms with E-state index in [1.807, 2.05) is 13.0 Å². The number of carbonyl (C=O) groups is 2. The van der Waals surface area contributed by atoms with Crippen molar-refractivity contribution in [2.45, 2.75) is 104 Å². The molecular formula is C22H40O4. The van der Waals surface area contributed by atoms with Crippen molar-refractivity contribution in [2.75, 3.05) is 0 Å². The zero-order valence-corrected chi connectivity index (χ0v) is 16.9. The molecule has 0 saturated heterocycles. The maximum Gasteiger partial charge on any atom is 0.307 e. The Kier molecular flexibility index (Phi) is 16.2. The normalized spacial score (nSPS) is 13.8. The van der Waals surface area contributed by atoms with Crippen LogP contribution in [0.25, 0.3) is 0 Å². The van der Waals surface area contributed by atoms with Gasteiger partial charge in [-0.2, -0.15) is 0 Å². The Bertz CT molecular complexity index is 390. The zero-order chi connectivity index (χ0) is 19.6. The van der Waals surface area contributed by atoms with Gasteiger partial charge in [-0.3, -0.25) is 9.59 Å². The van der Waals surface area contributed by atoms with Crippen LogP contribution in [0.4, 0.5) is 0 Å². The van der Waals surface area contributed by atoms with Gasteiger partial charge in [-0.05, 0) is 25.2 Å². The fourth-order valence-electron chi connectivity index (χ4n) is 3.40. The molecule has 0 heterocycles. The van der Waals surface area contributed by atoms with Crippen molar-refractivity contribution in [3.63, 3.8) is 0 Å². The highest BCUT2D eigenvalue weighted by molar-refractivity contribution is 5.78. The van der Waals surface area contributed by atoms with E-state index >= 15 is 0 Å². The Morgan fingerprint density at radius 3 is 1.81 bits per heavy atom. The average molecular weight is 369 g/mol. The van der Waals surface area contributed by atoms with E-state index in [0.29, 0.717) is 0 Å². The first-order valence-corrected chi connectivity index (χ1v) is 10.6. The van der Waals surface area contributed by atoms with Gasteiger partial charge in [0.05, 0.1) is 12.3 Å². The molecule has 2 atom stereocenters. The number of hydrogen-bond donors (Lipinski definition) is 2. The SMILES string of the molecule is CCCCCCCCCCCC/C=C/C(CCC)C(CC(=O)O)C(=O)O. The van der Waals surface area contributed by atoms with E-state index in [0.717, 1.165) is 25.7 Å². The number of aliphatic carboxylic acids is 2. The molecule has 4 heteroatoms. The van der Waals surface area contributed by atoms with E-state index in [-0.39, 0.29) is 12.3 Å². The lowest BCUT2D eigenvalue weighted by atomic mass is 9.85. The van der Waals surface area contributed by atoms with E-state index in [1.165, 1.54) is 57.8 Å². The maximum absolute atomic E-state index is 11.4. The topological polar surface area (TPSA) is 74.6 Å². The summed E-state index contributed by atoms with van der Waals surface area (Å²) >= 11 is 0. The van der Waals surface area contributed by atoms with Crippen LogP contribution in [0.3, 0.4) is 0 Å². The summed E-state index contributed by atoms with van der Waals surface area (Å²) in [5, 5.41) is 18.2. The predicted molar refractivity (Wildman–Crippen MR) is 107 cm³/mol. The molecule has 0 amide bonds. The van der Waals surface area contributed by atoms with Crippen LogP contribution in [0.15, 0.2) is 12.2 Å². The van der Waals surface area contributed by atoms with Gasteiger partial charge in [0.25, 0.3) is 0 Å². The molecule has 152 valence electrons. The van der Waals surface area contributed by atoms with Crippen molar-refractivity contribution in [2.24, 2.45) is 11.8 Å². The Labute approximate surface area is 160 Å². The molecule has 0 spiro atoms. The molecule has 0 rings (SSSR count). The molecule has 2 N–H and O–H groups in total. The Hall–Kier alpha value is -1.32. The van der Waals surface area contributed by atoms with Gasteiger partial charge in [0.2, 0.25) is 0 Å². The molecular weight excluding hydrogens is 328 g/mol. The third-order valence-corrected chi connectivity index (χ3v) is 4.96. The van der Waals surface area contributed by atoms with Crippen LogP contribution in [0.1, 0.15) is 104 Å². The second-order valence-corrected chi connectivity index (χ2v) is 7.39. The van der Waals surface area contributed by atoms with Crippen LogP contribution in [0, 0.1) is 11.8 Å². The summed E-state index contributed by atoms with van der Waals surface area (Å²) < 4.78 is 0. The Balaban J connectivity index is 3.96. The fraction of sp³-hybridized carbons (Fsp3) is 0.818. The number of carboxylic acid groups (broad SMARTS) is 2. The largest absolute Gasteiger partial charge is 0.481 e. The first kappa shape index (κ1) is 24.7. The van der Waals surface area contributed by atoms with Gasteiger partial charge in [-0.25, -0.2) is 0 Å². The second-order valence-electron chi connectivity index (χ2n) is 7.39. The Morgan fingerprint density at radius 1 is 0.808 bits per heavy atom. The van der Waals surface area contributed by atoms with Crippen LogP contribution in [-0.2, 0) is 9.59 Å². The molecule has 0 aliphatic rings. The van der Waals surface area contributed by atoms with Crippen LogP contribution >= 0.6 is 0 Å². The highest BCUT2D eigenvalue weighted by atomic mass is 16.4. The van der Waals surface area contributed by atoms with Crippen molar-refractivity contribution in [3.8, 4) is 0 Å². The molecule has 0 radical (unpaired) electrons. The molecule has 4 nitrogen and oxygen atoms in total. The lowest BCUT2D eigenvalue weighted by Crippen LogP contribution is -2.25. The Morgan fingerprint density at radius 2 is 1.35 bits per heavy atom. The number of unbranched alkanes of at least 4 members (excludes halogenated alkanes) is 10. The molecule has 0 aromatic carbocycles. The van der Waals surface area contributed by atoms with E-state index < -0.39 is 17.9 Å². The summed E-state index contributed by atoms with van der Waals surface area (Å²) in [5.74, 6) is -3.05. The molecule has 0 bridgehead atoms. The minimum Gasteiger partial charge on any atom is -0.481 e. The molecule has 0 aliphatic carbocycles. The molecule has 26 heavy (non-hydrogen) atoms. The first-order chi connectivity index (χ1) is 12.5. The maximum atomic E-state index is 11.4. The van der Waals surface area contributed by atoms with Crippen molar-refractivity contribution >= 4 is 11.9 Å². The van der Waals surface area contributed by atoms with E-state index in [1.54, 1.807) is 0 Å². The molecule has 0 aromatic rings. The van der Waals surface area contributed by atoms with Crippen LogP contribution in [0.5, 0.6) is 0 Å². The fourth-order valence-corrected chi connectivity index (χ4v) is 3.40. The van der Waals surface area contributed by atoms with Gasteiger partial charge in [-0.15, -0.1) is 0 Å².